The summed E-state index contributed by atoms with van der Waals surface area (Å²) in [6, 6.07) is 4.55. The SMILES string of the molecule is CCCCNc1ncc(-c2ccc(CN3CCNCC3)cn2)c(NC2CCC(O)CC2)n1. The Balaban J connectivity index is 1.50. The molecule has 1 aliphatic heterocycles. The molecule has 0 aromatic carbocycles. The molecule has 8 heteroatoms. The standard InChI is InChI=1S/C24H37N7O/c1-2-3-10-26-24-28-16-21(23(30-24)29-19-5-7-20(32)8-6-19)22-9-4-18(15-27-22)17-31-13-11-25-12-14-31/h4,9,15-16,19-20,25,32H,2-3,5-8,10-14,17H2,1H3,(H2,26,28,29,30). The van der Waals surface area contributed by atoms with E-state index in [-0.39, 0.29) is 6.10 Å². The van der Waals surface area contributed by atoms with E-state index in [9.17, 15) is 5.11 Å². The summed E-state index contributed by atoms with van der Waals surface area (Å²) in [6.45, 7) is 8.22. The molecule has 2 aromatic heterocycles. The molecule has 2 aliphatic rings. The molecular formula is C24H37N7O. The smallest absolute Gasteiger partial charge is 0.224 e. The van der Waals surface area contributed by atoms with Crippen molar-refractivity contribution in [1.29, 1.82) is 0 Å². The molecule has 4 rings (SSSR count). The van der Waals surface area contributed by atoms with Gasteiger partial charge in [0.15, 0.2) is 0 Å². The number of unbranched alkanes of at least 4 members (excludes halogenated alkanes) is 1. The molecule has 0 unspecified atom stereocenters. The third-order valence-electron chi connectivity index (χ3n) is 6.36. The normalized spacial score (nSPS) is 21.9. The zero-order valence-corrected chi connectivity index (χ0v) is 19.2. The van der Waals surface area contributed by atoms with Gasteiger partial charge in [-0.25, -0.2) is 4.98 Å². The fourth-order valence-corrected chi connectivity index (χ4v) is 4.36. The predicted octanol–water partition coefficient (Wildman–Crippen LogP) is 2.87. The molecule has 0 radical (unpaired) electrons. The van der Waals surface area contributed by atoms with Gasteiger partial charge in [0.05, 0.1) is 17.4 Å². The molecule has 0 bridgehead atoms. The van der Waals surface area contributed by atoms with E-state index in [1.54, 1.807) is 0 Å². The van der Waals surface area contributed by atoms with Crippen molar-refractivity contribution in [3.05, 3.63) is 30.1 Å². The Labute approximate surface area is 191 Å². The van der Waals surface area contributed by atoms with Crippen LogP contribution in [0, 0.1) is 0 Å². The Morgan fingerprint density at radius 2 is 1.91 bits per heavy atom. The van der Waals surface area contributed by atoms with Gasteiger partial charge in [0.25, 0.3) is 0 Å². The molecule has 8 nitrogen and oxygen atoms in total. The minimum atomic E-state index is -0.172. The molecule has 1 aliphatic carbocycles. The molecule has 2 aromatic rings. The van der Waals surface area contributed by atoms with Crippen LogP contribution < -0.4 is 16.0 Å². The van der Waals surface area contributed by atoms with Crippen molar-refractivity contribution in [3.8, 4) is 11.3 Å². The Morgan fingerprint density at radius 3 is 2.62 bits per heavy atom. The van der Waals surface area contributed by atoms with Crippen LogP contribution in [0.15, 0.2) is 24.5 Å². The van der Waals surface area contributed by atoms with Crippen LogP contribution in [-0.4, -0.2) is 69.8 Å². The fraction of sp³-hybridized carbons (Fsp3) is 0.625. The lowest BCUT2D eigenvalue weighted by Gasteiger charge is -2.27. The minimum absolute atomic E-state index is 0.172. The average Bonchev–Trinajstić information content (AvgIpc) is 2.82. The van der Waals surface area contributed by atoms with Gasteiger partial charge in [-0.15, -0.1) is 0 Å². The zero-order valence-electron chi connectivity index (χ0n) is 19.2. The van der Waals surface area contributed by atoms with Gasteiger partial charge in [0.2, 0.25) is 5.95 Å². The lowest BCUT2D eigenvalue weighted by atomic mass is 9.93. The highest BCUT2D eigenvalue weighted by Crippen LogP contribution is 2.29. The van der Waals surface area contributed by atoms with E-state index in [1.165, 1.54) is 5.56 Å². The second-order valence-electron chi connectivity index (χ2n) is 8.96. The lowest BCUT2D eigenvalue weighted by molar-refractivity contribution is 0.126. The van der Waals surface area contributed by atoms with E-state index in [1.807, 2.05) is 12.4 Å². The van der Waals surface area contributed by atoms with Gasteiger partial charge in [0.1, 0.15) is 5.82 Å². The maximum Gasteiger partial charge on any atom is 0.224 e. The van der Waals surface area contributed by atoms with Crippen LogP contribution in [0.4, 0.5) is 11.8 Å². The first-order chi connectivity index (χ1) is 15.7. The van der Waals surface area contributed by atoms with Gasteiger partial charge in [0, 0.05) is 57.7 Å². The number of anilines is 2. The summed E-state index contributed by atoms with van der Waals surface area (Å²) in [7, 11) is 0. The van der Waals surface area contributed by atoms with E-state index in [0.29, 0.717) is 12.0 Å². The number of piperazine rings is 1. The van der Waals surface area contributed by atoms with Crippen molar-refractivity contribution in [1.82, 2.24) is 25.2 Å². The second-order valence-corrected chi connectivity index (χ2v) is 8.96. The topological polar surface area (TPSA) is 98.2 Å². The molecule has 0 atom stereocenters. The number of hydrogen-bond acceptors (Lipinski definition) is 8. The van der Waals surface area contributed by atoms with Gasteiger partial charge >= 0.3 is 0 Å². The first-order valence-corrected chi connectivity index (χ1v) is 12.1. The second kappa shape index (κ2) is 11.5. The van der Waals surface area contributed by atoms with Crippen molar-refractivity contribution in [2.45, 2.75) is 64.1 Å². The van der Waals surface area contributed by atoms with Crippen LogP contribution in [0.25, 0.3) is 11.3 Å². The summed E-state index contributed by atoms with van der Waals surface area (Å²) < 4.78 is 0. The van der Waals surface area contributed by atoms with Crippen LogP contribution in [0.5, 0.6) is 0 Å². The first-order valence-electron chi connectivity index (χ1n) is 12.1. The number of aliphatic hydroxyl groups excluding tert-OH is 1. The molecule has 2 fully saturated rings. The summed E-state index contributed by atoms with van der Waals surface area (Å²) in [5, 5.41) is 20.2. The van der Waals surface area contributed by atoms with Gasteiger partial charge in [-0.1, -0.05) is 19.4 Å². The molecule has 3 heterocycles. The summed E-state index contributed by atoms with van der Waals surface area (Å²) in [5.41, 5.74) is 3.03. The Bertz CT molecular complexity index is 831. The third kappa shape index (κ3) is 6.37. The monoisotopic (exact) mass is 439 g/mol. The van der Waals surface area contributed by atoms with Gasteiger partial charge < -0.3 is 21.1 Å². The summed E-state index contributed by atoms with van der Waals surface area (Å²) in [5.74, 6) is 1.47. The highest BCUT2D eigenvalue weighted by Gasteiger charge is 2.21. The van der Waals surface area contributed by atoms with Crippen molar-refractivity contribution in [2.75, 3.05) is 43.4 Å². The molecule has 0 amide bonds. The average molecular weight is 440 g/mol. The number of nitrogens with zero attached hydrogens (tertiary/aromatic N) is 4. The molecule has 0 spiro atoms. The van der Waals surface area contributed by atoms with E-state index in [0.717, 1.165) is 94.9 Å². The fourth-order valence-electron chi connectivity index (χ4n) is 4.36. The van der Waals surface area contributed by atoms with Crippen LogP contribution in [0.2, 0.25) is 0 Å². The minimum Gasteiger partial charge on any atom is -0.393 e. The van der Waals surface area contributed by atoms with Crippen molar-refractivity contribution < 1.29 is 5.11 Å². The molecule has 174 valence electrons. The number of aliphatic hydroxyl groups is 1. The van der Waals surface area contributed by atoms with Crippen molar-refractivity contribution >= 4 is 11.8 Å². The van der Waals surface area contributed by atoms with Crippen LogP contribution in [-0.2, 0) is 6.54 Å². The number of hydrogen-bond donors (Lipinski definition) is 4. The van der Waals surface area contributed by atoms with Gasteiger partial charge in [-0.05, 0) is 43.7 Å². The van der Waals surface area contributed by atoms with E-state index < -0.39 is 0 Å². The summed E-state index contributed by atoms with van der Waals surface area (Å²) in [6.07, 6.45) is 9.45. The van der Waals surface area contributed by atoms with Crippen LogP contribution in [0.3, 0.4) is 0 Å². The van der Waals surface area contributed by atoms with Gasteiger partial charge in [-0.2, -0.15) is 4.98 Å². The molecular weight excluding hydrogens is 402 g/mol. The van der Waals surface area contributed by atoms with Crippen molar-refractivity contribution in [3.63, 3.8) is 0 Å². The maximum absolute atomic E-state index is 9.85. The highest BCUT2D eigenvalue weighted by atomic mass is 16.3. The number of pyridine rings is 1. The molecule has 1 saturated heterocycles. The molecule has 4 N–H and O–H groups in total. The quantitative estimate of drug-likeness (QED) is 0.443. The Kier molecular flexibility index (Phi) is 8.25. The maximum atomic E-state index is 9.85. The van der Waals surface area contributed by atoms with Crippen LogP contribution >= 0.6 is 0 Å². The molecule has 32 heavy (non-hydrogen) atoms. The van der Waals surface area contributed by atoms with Crippen LogP contribution in [0.1, 0.15) is 51.0 Å². The Hall–Kier alpha value is -2.29. The predicted molar refractivity (Wildman–Crippen MR) is 129 cm³/mol. The van der Waals surface area contributed by atoms with E-state index >= 15 is 0 Å². The van der Waals surface area contributed by atoms with E-state index in [2.05, 4.69) is 44.9 Å². The Morgan fingerprint density at radius 1 is 1.09 bits per heavy atom. The van der Waals surface area contributed by atoms with E-state index in [4.69, 9.17) is 9.97 Å². The van der Waals surface area contributed by atoms with Gasteiger partial charge in [-0.3, -0.25) is 9.88 Å². The number of nitrogens with one attached hydrogen (secondary N) is 3. The summed E-state index contributed by atoms with van der Waals surface area (Å²) in [4.78, 5) is 16.6. The number of rotatable bonds is 9. The highest BCUT2D eigenvalue weighted by molar-refractivity contribution is 5.72. The first kappa shape index (κ1) is 22.9. The zero-order chi connectivity index (χ0) is 22.2. The lowest BCUT2D eigenvalue weighted by Crippen LogP contribution is -2.42. The largest absolute Gasteiger partial charge is 0.393 e. The van der Waals surface area contributed by atoms with Crippen molar-refractivity contribution in [2.24, 2.45) is 0 Å². The molecule has 1 saturated carbocycles. The third-order valence-corrected chi connectivity index (χ3v) is 6.36. The summed E-state index contributed by atoms with van der Waals surface area (Å²) >= 11 is 0. The number of aromatic nitrogens is 3.